The molecule has 1 saturated heterocycles. The van der Waals surface area contributed by atoms with E-state index in [1.54, 1.807) is 32.2 Å². The maximum atomic E-state index is 13.2. The molecular weight excluding hydrogens is 520 g/mol. The Kier molecular flexibility index (Phi) is 10.9. The second-order valence-electron chi connectivity index (χ2n) is 11.1. The van der Waals surface area contributed by atoms with Gasteiger partial charge in [-0.15, -0.1) is 6.58 Å². The molecule has 2 amide bonds. The van der Waals surface area contributed by atoms with Crippen molar-refractivity contribution in [3.05, 3.63) is 61.0 Å². The van der Waals surface area contributed by atoms with Gasteiger partial charge in [-0.2, -0.15) is 0 Å². The third-order valence-electron chi connectivity index (χ3n) is 7.63. The van der Waals surface area contributed by atoms with Crippen molar-refractivity contribution in [2.45, 2.75) is 72.1 Å². The molecule has 1 aliphatic heterocycles. The summed E-state index contributed by atoms with van der Waals surface area (Å²) in [7, 11) is 0. The number of fused-ring (bicyclic) bond motifs is 1. The van der Waals surface area contributed by atoms with Crippen LogP contribution in [0.1, 0.15) is 71.2 Å². The summed E-state index contributed by atoms with van der Waals surface area (Å²) in [5.74, 6) is -2.23. The number of hydrogen-bond acceptors (Lipinski definition) is 7. The number of Topliss-reactive ketones (excluding diaryl/α,β-unsaturated/α-hetero) is 1. The lowest BCUT2D eigenvalue weighted by Gasteiger charge is -2.35. The number of pyridine rings is 1. The molecule has 220 valence electrons. The fourth-order valence-corrected chi connectivity index (χ4v) is 4.76. The molecule has 41 heavy (non-hydrogen) atoms. The summed E-state index contributed by atoms with van der Waals surface area (Å²) >= 11 is 0. The molecule has 2 aromatic rings. The first-order chi connectivity index (χ1) is 19.4. The molecule has 0 spiro atoms. The van der Waals surface area contributed by atoms with Gasteiger partial charge in [0.15, 0.2) is 0 Å². The van der Waals surface area contributed by atoms with Gasteiger partial charge in [0.25, 0.3) is 5.91 Å². The SMILES string of the molecule is C=Cc1cc2cc([C@@H](C)OC(=O)[C@@H]3CCCN(C(=O)[C@H](C)NC(=O)[C@@H](CC(=O)C(C)C=C)C(C)C)N3)ccc2cn1. The number of hydrogen-bond donors (Lipinski definition) is 2. The standard InChI is InChI=1S/C32H42N4O5/c1-8-20(5)29(37)17-27(19(3)4)30(38)34-21(6)31(39)36-14-10-11-28(35-36)32(40)41-22(7)23-12-13-24-18-33-26(9-2)16-25(24)15-23/h8-9,12-13,15-16,18-22,27-28,35H,1-2,10-11,14,17H2,3-7H3,(H,34,38)/t20?,21-,22+,27-,28-/m0/s1. The smallest absolute Gasteiger partial charge is 0.325 e. The first kappa shape index (κ1) is 31.7. The average Bonchev–Trinajstić information content (AvgIpc) is 2.97. The molecule has 1 aliphatic rings. The number of allylic oxidation sites excluding steroid dienone is 1. The van der Waals surface area contributed by atoms with Crippen LogP contribution in [0.4, 0.5) is 0 Å². The van der Waals surface area contributed by atoms with E-state index >= 15 is 0 Å². The van der Waals surface area contributed by atoms with Crippen LogP contribution in [0.3, 0.4) is 0 Å². The summed E-state index contributed by atoms with van der Waals surface area (Å²) in [6.07, 6.45) is 5.71. The van der Waals surface area contributed by atoms with Crippen LogP contribution in [0.2, 0.25) is 0 Å². The monoisotopic (exact) mass is 562 g/mol. The van der Waals surface area contributed by atoms with E-state index in [2.05, 4.69) is 28.9 Å². The highest BCUT2D eigenvalue weighted by atomic mass is 16.5. The lowest BCUT2D eigenvalue weighted by molar-refractivity contribution is -0.157. The van der Waals surface area contributed by atoms with Gasteiger partial charge in [-0.1, -0.05) is 45.6 Å². The molecule has 1 aromatic carbocycles. The summed E-state index contributed by atoms with van der Waals surface area (Å²) in [4.78, 5) is 56.0. The summed E-state index contributed by atoms with van der Waals surface area (Å²) in [6.45, 7) is 16.7. The van der Waals surface area contributed by atoms with Gasteiger partial charge in [0, 0.05) is 36.4 Å². The van der Waals surface area contributed by atoms with Gasteiger partial charge < -0.3 is 10.1 Å². The molecule has 3 rings (SSSR count). The van der Waals surface area contributed by atoms with Crippen LogP contribution in [-0.2, 0) is 23.9 Å². The summed E-state index contributed by atoms with van der Waals surface area (Å²) in [5.41, 5.74) is 4.59. The topological polar surface area (TPSA) is 118 Å². The second-order valence-corrected chi connectivity index (χ2v) is 11.1. The molecule has 0 bridgehead atoms. The van der Waals surface area contributed by atoms with E-state index in [1.807, 2.05) is 45.0 Å². The number of carbonyl (C=O) groups excluding carboxylic acids is 4. The Balaban J connectivity index is 1.59. The first-order valence-electron chi connectivity index (χ1n) is 14.2. The van der Waals surface area contributed by atoms with Crippen molar-refractivity contribution in [1.82, 2.24) is 20.7 Å². The third kappa shape index (κ3) is 8.10. The lowest BCUT2D eigenvalue weighted by Crippen LogP contribution is -2.59. The second kappa shape index (κ2) is 14.2. The highest BCUT2D eigenvalue weighted by Crippen LogP contribution is 2.24. The fourth-order valence-electron chi connectivity index (χ4n) is 4.76. The number of benzene rings is 1. The van der Waals surface area contributed by atoms with E-state index < -0.39 is 30.1 Å². The summed E-state index contributed by atoms with van der Waals surface area (Å²) in [6, 6.07) is 6.19. The zero-order chi connectivity index (χ0) is 30.3. The van der Waals surface area contributed by atoms with Crippen LogP contribution < -0.4 is 10.7 Å². The minimum atomic E-state index is -0.843. The van der Waals surface area contributed by atoms with Crippen molar-refractivity contribution in [1.29, 1.82) is 0 Å². The number of aromatic nitrogens is 1. The maximum Gasteiger partial charge on any atom is 0.325 e. The van der Waals surface area contributed by atoms with Gasteiger partial charge in [0.2, 0.25) is 5.91 Å². The van der Waals surface area contributed by atoms with E-state index in [-0.39, 0.29) is 35.9 Å². The Bertz CT molecular complexity index is 1310. The zero-order valence-corrected chi connectivity index (χ0v) is 24.7. The molecule has 9 nitrogen and oxygen atoms in total. The summed E-state index contributed by atoms with van der Waals surface area (Å²) in [5, 5.41) is 6.08. The van der Waals surface area contributed by atoms with Gasteiger partial charge in [-0.3, -0.25) is 29.2 Å². The van der Waals surface area contributed by atoms with E-state index in [0.717, 1.165) is 22.0 Å². The van der Waals surface area contributed by atoms with E-state index in [4.69, 9.17) is 4.74 Å². The van der Waals surface area contributed by atoms with Crippen LogP contribution in [0, 0.1) is 17.8 Å². The van der Waals surface area contributed by atoms with Gasteiger partial charge >= 0.3 is 5.97 Å². The Morgan fingerprint density at radius 2 is 1.85 bits per heavy atom. The maximum absolute atomic E-state index is 13.2. The number of carbonyl (C=O) groups is 4. The van der Waals surface area contributed by atoms with E-state index in [1.165, 1.54) is 5.01 Å². The number of ether oxygens (including phenoxy) is 1. The molecule has 0 aliphatic carbocycles. The van der Waals surface area contributed by atoms with Crippen LogP contribution in [0.25, 0.3) is 16.8 Å². The molecule has 2 heterocycles. The van der Waals surface area contributed by atoms with Gasteiger partial charge in [-0.25, -0.2) is 5.43 Å². The fraction of sp³-hybridized carbons (Fsp3) is 0.469. The van der Waals surface area contributed by atoms with Gasteiger partial charge in [-0.05, 0) is 61.8 Å². The number of amides is 2. The molecule has 1 unspecified atom stereocenters. The number of hydrazine groups is 1. The van der Waals surface area contributed by atoms with E-state index in [0.29, 0.717) is 19.4 Å². The number of ketones is 1. The molecule has 5 atom stereocenters. The minimum Gasteiger partial charge on any atom is -0.457 e. The van der Waals surface area contributed by atoms with Crippen LogP contribution in [0.5, 0.6) is 0 Å². The molecule has 0 saturated carbocycles. The molecular formula is C32H42N4O5. The molecule has 9 heteroatoms. The van der Waals surface area contributed by atoms with Crippen molar-refractivity contribution >= 4 is 40.4 Å². The van der Waals surface area contributed by atoms with Crippen molar-refractivity contribution in [2.24, 2.45) is 17.8 Å². The summed E-state index contributed by atoms with van der Waals surface area (Å²) < 4.78 is 5.77. The predicted octanol–water partition coefficient (Wildman–Crippen LogP) is 4.54. The highest BCUT2D eigenvalue weighted by Gasteiger charge is 2.34. The van der Waals surface area contributed by atoms with Gasteiger partial charge in [0.05, 0.1) is 5.69 Å². The quantitative estimate of drug-likeness (QED) is 0.288. The first-order valence-corrected chi connectivity index (χ1v) is 14.2. The molecule has 0 radical (unpaired) electrons. The number of esters is 1. The average molecular weight is 563 g/mol. The van der Waals surface area contributed by atoms with Crippen LogP contribution >= 0.6 is 0 Å². The van der Waals surface area contributed by atoms with Gasteiger partial charge in [0.1, 0.15) is 24.0 Å². The normalized spacial score (nSPS) is 18.2. The van der Waals surface area contributed by atoms with E-state index in [9.17, 15) is 19.2 Å². The Hall–Kier alpha value is -3.85. The Labute approximate surface area is 242 Å². The molecule has 2 N–H and O–H groups in total. The van der Waals surface area contributed by atoms with Crippen LogP contribution in [0.15, 0.2) is 49.7 Å². The zero-order valence-electron chi connectivity index (χ0n) is 24.7. The Morgan fingerprint density at radius 3 is 2.51 bits per heavy atom. The number of nitrogens with zero attached hydrogens (tertiary/aromatic N) is 2. The van der Waals surface area contributed by atoms with Crippen molar-refractivity contribution in [3.63, 3.8) is 0 Å². The molecule has 1 fully saturated rings. The minimum absolute atomic E-state index is 0.0664. The Morgan fingerprint density at radius 1 is 1.12 bits per heavy atom. The van der Waals surface area contributed by atoms with Crippen molar-refractivity contribution in [3.8, 4) is 0 Å². The lowest BCUT2D eigenvalue weighted by atomic mass is 9.86. The number of rotatable bonds is 12. The number of nitrogens with one attached hydrogen (secondary N) is 2. The third-order valence-corrected chi connectivity index (χ3v) is 7.63. The highest BCUT2D eigenvalue weighted by molar-refractivity contribution is 5.92. The van der Waals surface area contributed by atoms with Crippen molar-refractivity contribution < 1.29 is 23.9 Å². The van der Waals surface area contributed by atoms with Crippen molar-refractivity contribution in [2.75, 3.05) is 6.54 Å². The predicted molar refractivity (Wildman–Crippen MR) is 159 cm³/mol. The molecule has 1 aromatic heterocycles. The largest absolute Gasteiger partial charge is 0.457 e. The van der Waals surface area contributed by atoms with Crippen LogP contribution in [-0.4, -0.2) is 52.2 Å².